The number of hydrogen-bond acceptors (Lipinski definition) is 3. The lowest BCUT2D eigenvalue weighted by molar-refractivity contribution is -0.144. The van der Waals surface area contributed by atoms with Gasteiger partial charge in [-0.2, -0.15) is 0 Å². The number of carbonyl (C=O) groups is 1. The van der Waals surface area contributed by atoms with Crippen LogP contribution in [0.3, 0.4) is 0 Å². The maximum atomic E-state index is 11.7. The van der Waals surface area contributed by atoms with Crippen LogP contribution < -0.4 is 0 Å². The van der Waals surface area contributed by atoms with Gasteiger partial charge >= 0.3 is 5.97 Å². The topological polar surface area (TPSA) is 29.5 Å². The highest BCUT2D eigenvalue weighted by molar-refractivity contribution is 5.70. The van der Waals surface area contributed by atoms with E-state index in [-0.39, 0.29) is 12.0 Å². The number of hydrogen-bond donors (Lipinski definition) is 0. The van der Waals surface area contributed by atoms with Gasteiger partial charge < -0.3 is 4.74 Å². The first-order valence-electron chi connectivity index (χ1n) is 6.76. The van der Waals surface area contributed by atoms with Gasteiger partial charge in [0.05, 0.1) is 13.0 Å². The van der Waals surface area contributed by atoms with Crippen molar-refractivity contribution >= 4 is 5.97 Å². The van der Waals surface area contributed by atoms with Crippen molar-refractivity contribution in [3.8, 4) is 0 Å². The summed E-state index contributed by atoms with van der Waals surface area (Å²) < 4.78 is 5.09. The number of benzene rings is 1. The molecular weight excluding hydrogens is 226 g/mol. The molecule has 2 rings (SSSR count). The molecular formula is C15H21NO2. The first-order valence-corrected chi connectivity index (χ1v) is 6.76. The van der Waals surface area contributed by atoms with E-state index in [2.05, 4.69) is 17.0 Å². The van der Waals surface area contributed by atoms with E-state index in [0.29, 0.717) is 13.0 Å². The SMILES string of the molecule is CCOC(=O)C[C@H](c1ccccc1)N1CCCC1. The Morgan fingerprint density at radius 2 is 1.94 bits per heavy atom. The maximum absolute atomic E-state index is 11.7. The Morgan fingerprint density at radius 1 is 1.28 bits per heavy atom. The molecule has 0 unspecified atom stereocenters. The molecule has 1 aromatic rings. The van der Waals surface area contributed by atoms with E-state index in [9.17, 15) is 4.79 Å². The summed E-state index contributed by atoms with van der Waals surface area (Å²) in [6.45, 7) is 4.48. The highest BCUT2D eigenvalue weighted by Gasteiger charge is 2.25. The second kappa shape index (κ2) is 6.55. The molecule has 1 aromatic carbocycles. The Labute approximate surface area is 109 Å². The molecule has 0 saturated carbocycles. The summed E-state index contributed by atoms with van der Waals surface area (Å²) in [7, 11) is 0. The normalized spacial score (nSPS) is 17.6. The average Bonchev–Trinajstić information content (AvgIpc) is 2.91. The van der Waals surface area contributed by atoms with Crippen LogP contribution in [0.15, 0.2) is 30.3 Å². The molecule has 18 heavy (non-hydrogen) atoms. The summed E-state index contributed by atoms with van der Waals surface area (Å²) in [6.07, 6.45) is 2.91. The third-order valence-electron chi connectivity index (χ3n) is 3.43. The quantitative estimate of drug-likeness (QED) is 0.749. The summed E-state index contributed by atoms with van der Waals surface area (Å²) in [4.78, 5) is 14.1. The van der Waals surface area contributed by atoms with Crippen LogP contribution >= 0.6 is 0 Å². The Hall–Kier alpha value is -1.35. The van der Waals surface area contributed by atoms with Crippen molar-refractivity contribution in [1.29, 1.82) is 0 Å². The highest BCUT2D eigenvalue weighted by Crippen LogP contribution is 2.28. The zero-order valence-electron chi connectivity index (χ0n) is 11.0. The lowest BCUT2D eigenvalue weighted by Crippen LogP contribution is -2.28. The first-order chi connectivity index (χ1) is 8.81. The van der Waals surface area contributed by atoms with E-state index < -0.39 is 0 Å². The fourth-order valence-corrected chi connectivity index (χ4v) is 2.56. The fraction of sp³-hybridized carbons (Fsp3) is 0.533. The van der Waals surface area contributed by atoms with Gasteiger partial charge in [0.15, 0.2) is 0 Å². The average molecular weight is 247 g/mol. The minimum atomic E-state index is -0.0988. The molecule has 0 spiro atoms. The molecule has 0 aromatic heterocycles. The third kappa shape index (κ3) is 3.33. The standard InChI is InChI=1S/C15H21NO2/c1-2-18-15(17)12-14(16-10-6-7-11-16)13-8-4-3-5-9-13/h3-5,8-9,14H,2,6-7,10-12H2,1H3/t14-/m1/s1. The van der Waals surface area contributed by atoms with Gasteiger partial charge in [-0.1, -0.05) is 30.3 Å². The molecule has 1 aliphatic heterocycles. The predicted molar refractivity (Wildman–Crippen MR) is 71.2 cm³/mol. The van der Waals surface area contributed by atoms with Crippen molar-refractivity contribution < 1.29 is 9.53 Å². The van der Waals surface area contributed by atoms with Crippen molar-refractivity contribution in [2.24, 2.45) is 0 Å². The van der Waals surface area contributed by atoms with Crippen LogP contribution in [-0.2, 0) is 9.53 Å². The number of esters is 1. The molecule has 0 amide bonds. The Kier molecular flexibility index (Phi) is 4.76. The first kappa shape index (κ1) is 13.1. The van der Waals surface area contributed by atoms with Gasteiger partial charge in [-0.15, -0.1) is 0 Å². The Balaban J connectivity index is 2.10. The summed E-state index contributed by atoms with van der Waals surface area (Å²) >= 11 is 0. The summed E-state index contributed by atoms with van der Waals surface area (Å²) in [6, 6.07) is 10.4. The van der Waals surface area contributed by atoms with Crippen molar-refractivity contribution in [3.63, 3.8) is 0 Å². The third-order valence-corrected chi connectivity index (χ3v) is 3.43. The smallest absolute Gasteiger partial charge is 0.307 e. The van der Waals surface area contributed by atoms with Gasteiger partial charge in [0.1, 0.15) is 0 Å². The van der Waals surface area contributed by atoms with Crippen LogP contribution in [0.1, 0.15) is 37.8 Å². The largest absolute Gasteiger partial charge is 0.466 e. The van der Waals surface area contributed by atoms with Gasteiger partial charge in [0, 0.05) is 6.04 Å². The number of carbonyl (C=O) groups excluding carboxylic acids is 1. The highest BCUT2D eigenvalue weighted by atomic mass is 16.5. The molecule has 1 saturated heterocycles. The maximum Gasteiger partial charge on any atom is 0.307 e. The Bertz CT molecular complexity index is 371. The van der Waals surface area contributed by atoms with Crippen molar-refractivity contribution in [2.75, 3.05) is 19.7 Å². The molecule has 3 heteroatoms. The monoisotopic (exact) mass is 247 g/mol. The molecule has 0 bridgehead atoms. The summed E-state index contributed by atoms with van der Waals surface area (Å²) in [5.74, 6) is -0.0988. The molecule has 98 valence electrons. The molecule has 1 atom stereocenters. The van der Waals surface area contributed by atoms with Crippen LogP contribution in [0.2, 0.25) is 0 Å². The zero-order chi connectivity index (χ0) is 12.8. The Morgan fingerprint density at radius 3 is 2.56 bits per heavy atom. The number of likely N-dealkylation sites (tertiary alicyclic amines) is 1. The minimum Gasteiger partial charge on any atom is -0.466 e. The van der Waals surface area contributed by atoms with Crippen molar-refractivity contribution in [3.05, 3.63) is 35.9 Å². The van der Waals surface area contributed by atoms with E-state index in [1.54, 1.807) is 0 Å². The molecule has 0 aliphatic carbocycles. The van der Waals surface area contributed by atoms with Crippen LogP contribution in [0.25, 0.3) is 0 Å². The molecule has 1 fully saturated rings. The van der Waals surface area contributed by atoms with Gasteiger partial charge in [0.25, 0.3) is 0 Å². The molecule has 1 aliphatic rings. The van der Waals surface area contributed by atoms with Crippen LogP contribution in [0, 0.1) is 0 Å². The second-order valence-corrected chi connectivity index (χ2v) is 4.68. The van der Waals surface area contributed by atoms with E-state index in [0.717, 1.165) is 13.1 Å². The number of rotatable bonds is 5. The van der Waals surface area contributed by atoms with Gasteiger partial charge in [0.2, 0.25) is 0 Å². The van der Waals surface area contributed by atoms with E-state index in [4.69, 9.17) is 4.74 Å². The summed E-state index contributed by atoms with van der Waals surface area (Å²) in [5.41, 5.74) is 1.22. The zero-order valence-corrected chi connectivity index (χ0v) is 11.0. The van der Waals surface area contributed by atoms with E-state index >= 15 is 0 Å². The van der Waals surface area contributed by atoms with Crippen molar-refractivity contribution in [1.82, 2.24) is 4.90 Å². The van der Waals surface area contributed by atoms with Gasteiger partial charge in [-0.05, 0) is 38.4 Å². The minimum absolute atomic E-state index is 0.0988. The number of nitrogens with zero attached hydrogens (tertiary/aromatic N) is 1. The lowest BCUT2D eigenvalue weighted by atomic mass is 10.0. The van der Waals surface area contributed by atoms with Crippen LogP contribution in [0.4, 0.5) is 0 Å². The van der Waals surface area contributed by atoms with Gasteiger partial charge in [-0.3, -0.25) is 9.69 Å². The van der Waals surface area contributed by atoms with Crippen LogP contribution in [0.5, 0.6) is 0 Å². The summed E-state index contributed by atoms with van der Waals surface area (Å²) in [5, 5.41) is 0. The van der Waals surface area contributed by atoms with E-state index in [1.807, 2.05) is 25.1 Å². The fourth-order valence-electron chi connectivity index (χ4n) is 2.56. The second-order valence-electron chi connectivity index (χ2n) is 4.68. The molecule has 0 radical (unpaired) electrons. The van der Waals surface area contributed by atoms with Crippen molar-refractivity contribution in [2.45, 2.75) is 32.2 Å². The van der Waals surface area contributed by atoms with E-state index in [1.165, 1.54) is 18.4 Å². The lowest BCUT2D eigenvalue weighted by Gasteiger charge is -2.27. The molecule has 3 nitrogen and oxygen atoms in total. The predicted octanol–water partition coefficient (Wildman–Crippen LogP) is 2.78. The molecule has 1 heterocycles. The number of ether oxygens (including phenoxy) is 1. The van der Waals surface area contributed by atoms with Crippen LogP contribution in [-0.4, -0.2) is 30.6 Å². The van der Waals surface area contributed by atoms with Gasteiger partial charge in [-0.25, -0.2) is 0 Å². The molecule has 0 N–H and O–H groups in total.